The third-order valence-corrected chi connectivity index (χ3v) is 7.90. The number of carbonyl (C=O) groups is 1. The Morgan fingerprint density at radius 1 is 0.738 bits per heavy atom. The smallest absolute Gasteiger partial charge is 0.255 e. The van der Waals surface area contributed by atoms with E-state index in [1.807, 2.05) is 24.3 Å². The summed E-state index contributed by atoms with van der Waals surface area (Å²) in [6, 6.07) is 11.4. The van der Waals surface area contributed by atoms with Crippen molar-refractivity contribution in [2.24, 2.45) is 0 Å². The topological polar surface area (TPSA) is 97.0 Å². The molecule has 0 radical (unpaired) electrons. The molecular formula is C32H36N2O8. The quantitative estimate of drug-likeness (QED) is 0.311. The summed E-state index contributed by atoms with van der Waals surface area (Å²) >= 11 is 0. The van der Waals surface area contributed by atoms with E-state index in [1.165, 1.54) is 0 Å². The first-order chi connectivity index (χ1) is 20.6. The molecule has 1 amide bonds. The Balaban J connectivity index is 1.14. The summed E-state index contributed by atoms with van der Waals surface area (Å²) in [7, 11) is 4.86. The fraction of sp³-hybridized carbons (Fsp3) is 0.406. The van der Waals surface area contributed by atoms with E-state index in [-0.39, 0.29) is 19.5 Å². The molecule has 0 saturated heterocycles. The van der Waals surface area contributed by atoms with Gasteiger partial charge in [0.1, 0.15) is 5.75 Å². The number of nitrogens with one attached hydrogen (secondary N) is 1. The number of hydrogen-bond donors (Lipinski definition) is 1. The Labute approximate surface area is 245 Å². The highest BCUT2D eigenvalue weighted by atomic mass is 16.7. The highest BCUT2D eigenvalue weighted by Gasteiger charge is 2.36. The molecule has 42 heavy (non-hydrogen) atoms. The minimum atomic E-state index is -0.109. The predicted octanol–water partition coefficient (Wildman–Crippen LogP) is 5.14. The molecule has 0 atom stereocenters. The van der Waals surface area contributed by atoms with E-state index in [0.717, 1.165) is 54.5 Å². The monoisotopic (exact) mass is 576 g/mol. The molecule has 0 bridgehead atoms. The Morgan fingerprint density at radius 2 is 1.29 bits per heavy atom. The van der Waals surface area contributed by atoms with E-state index < -0.39 is 0 Å². The number of fused-ring (bicyclic) bond motifs is 7. The van der Waals surface area contributed by atoms with Gasteiger partial charge in [0.2, 0.25) is 25.1 Å². The maximum Gasteiger partial charge on any atom is 0.255 e. The second kappa shape index (κ2) is 12.3. The van der Waals surface area contributed by atoms with Crippen LogP contribution in [-0.2, 0) is 13.1 Å². The van der Waals surface area contributed by atoms with Crippen molar-refractivity contribution in [3.63, 3.8) is 0 Å². The van der Waals surface area contributed by atoms with E-state index in [2.05, 4.69) is 10.2 Å². The summed E-state index contributed by atoms with van der Waals surface area (Å²) in [6.07, 6.45) is 4.00. The van der Waals surface area contributed by atoms with Crippen molar-refractivity contribution >= 4 is 5.91 Å². The zero-order valence-corrected chi connectivity index (χ0v) is 24.2. The second-order valence-corrected chi connectivity index (χ2v) is 10.4. The number of para-hydroxylation sites is 1. The van der Waals surface area contributed by atoms with Gasteiger partial charge in [-0.15, -0.1) is 0 Å². The lowest BCUT2D eigenvalue weighted by Crippen LogP contribution is -2.25. The highest BCUT2D eigenvalue weighted by molar-refractivity contribution is 5.96. The lowest BCUT2D eigenvalue weighted by molar-refractivity contribution is 0.0950. The standard InChI is InChI=1S/C32H36N2O8/c1-36-23-11-7-6-10-22(23)32(35)33-12-8-4-5-9-13-34-16-20-14-24(37-2)28-30(41-18-39-28)26(20)27-21(17-34)15-25(38-3)29-31(27)42-19-40-29/h6-7,10-11,14-15H,4-5,8-9,12-13,16-19H2,1-3H3,(H,33,35). The first-order valence-corrected chi connectivity index (χ1v) is 14.3. The van der Waals surface area contributed by atoms with Gasteiger partial charge in [0, 0.05) is 30.8 Å². The molecule has 0 spiro atoms. The number of unbranched alkanes of at least 4 members (excludes halogenated alkanes) is 3. The van der Waals surface area contributed by atoms with Gasteiger partial charge in [-0.3, -0.25) is 9.69 Å². The molecular weight excluding hydrogens is 540 g/mol. The molecule has 0 aliphatic carbocycles. The number of carbonyl (C=O) groups excluding carboxylic acids is 1. The Kier molecular flexibility index (Phi) is 8.14. The highest BCUT2D eigenvalue weighted by Crippen LogP contribution is 2.57. The largest absolute Gasteiger partial charge is 0.496 e. The SMILES string of the molecule is COc1ccccc1C(=O)NCCCCCCN1Cc2cc(OC)c3c(c2-c2c(cc(OC)c4c2OCO4)C1)OCO3. The molecule has 3 aliphatic heterocycles. The molecule has 222 valence electrons. The third-order valence-electron chi connectivity index (χ3n) is 7.90. The van der Waals surface area contributed by atoms with Crippen LogP contribution in [0.1, 0.15) is 47.2 Å². The normalized spacial score (nSPS) is 14.5. The molecule has 1 N–H and O–H groups in total. The van der Waals surface area contributed by atoms with Gasteiger partial charge in [0.05, 0.1) is 26.9 Å². The summed E-state index contributed by atoms with van der Waals surface area (Å²) in [4.78, 5) is 15.0. The van der Waals surface area contributed by atoms with Crippen LogP contribution in [0.2, 0.25) is 0 Å². The number of methoxy groups -OCH3 is 3. The van der Waals surface area contributed by atoms with E-state index in [1.54, 1.807) is 33.5 Å². The number of rotatable bonds is 11. The minimum absolute atomic E-state index is 0.109. The number of ether oxygens (including phenoxy) is 7. The molecule has 3 heterocycles. The van der Waals surface area contributed by atoms with Crippen molar-refractivity contribution in [2.75, 3.05) is 48.0 Å². The van der Waals surface area contributed by atoms with Gasteiger partial charge in [0.25, 0.3) is 5.91 Å². The van der Waals surface area contributed by atoms with Crippen LogP contribution in [-0.4, -0.2) is 58.8 Å². The molecule has 10 nitrogen and oxygen atoms in total. The molecule has 3 aromatic carbocycles. The number of nitrogens with zero attached hydrogens (tertiary/aromatic N) is 1. The van der Waals surface area contributed by atoms with Gasteiger partial charge in [-0.25, -0.2) is 0 Å². The van der Waals surface area contributed by atoms with Crippen molar-refractivity contribution in [1.82, 2.24) is 10.2 Å². The van der Waals surface area contributed by atoms with E-state index >= 15 is 0 Å². The van der Waals surface area contributed by atoms with Crippen LogP contribution in [0.25, 0.3) is 11.1 Å². The van der Waals surface area contributed by atoms with Crippen molar-refractivity contribution < 1.29 is 38.0 Å². The number of amides is 1. The van der Waals surface area contributed by atoms with Gasteiger partial charge in [0.15, 0.2) is 23.0 Å². The van der Waals surface area contributed by atoms with Crippen LogP contribution in [0.15, 0.2) is 36.4 Å². The number of hydrogen-bond acceptors (Lipinski definition) is 9. The molecule has 0 aromatic heterocycles. The van der Waals surface area contributed by atoms with Crippen LogP contribution in [0.4, 0.5) is 0 Å². The van der Waals surface area contributed by atoms with Crippen LogP contribution in [0, 0.1) is 0 Å². The Bertz CT molecular complexity index is 1400. The third kappa shape index (κ3) is 5.22. The average Bonchev–Trinajstić information content (AvgIpc) is 3.68. The molecule has 0 saturated carbocycles. The predicted molar refractivity (Wildman–Crippen MR) is 155 cm³/mol. The molecule has 3 aromatic rings. The Morgan fingerprint density at radius 3 is 1.88 bits per heavy atom. The van der Waals surface area contributed by atoms with Gasteiger partial charge in [-0.1, -0.05) is 25.0 Å². The number of benzene rings is 3. The molecule has 0 unspecified atom stereocenters. The van der Waals surface area contributed by atoms with Crippen molar-refractivity contribution in [2.45, 2.75) is 38.8 Å². The Hall–Kier alpha value is -4.31. The average molecular weight is 577 g/mol. The maximum absolute atomic E-state index is 12.5. The zero-order chi connectivity index (χ0) is 29.1. The summed E-state index contributed by atoms with van der Waals surface area (Å²) in [5, 5.41) is 3.01. The van der Waals surface area contributed by atoms with Gasteiger partial charge >= 0.3 is 0 Å². The second-order valence-electron chi connectivity index (χ2n) is 10.4. The fourth-order valence-electron chi connectivity index (χ4n) is 5.92. The van der Waals surface area contributed by atoms with Crippen LogP contribution in [0.3, 0.4) is 0 Å². The van der Waals surface area contributed by atoms with Crippen LogP contribution < -0.4 is 38.5 Å². The van der Waals surface area contributed by atoms with Gasteiger partial charge < -0.3 is 38.5 Å². The van der Waals surface area contributed by atoms with E-state index in [0.29, 0.717) is 65.4 Å². The van der Waals surface area contributed by atoms with E-state index in [4.69, 9.17) is 33.2 Å². The summed E-state index contributed by atoms with van der Waals surface area (Å²) in [6.45, 7) is 3.22. The maximum atomic E-state index is 12.5. The summed E-state index contributed by atoms with van der Waals surface area (Å²) < 4.78 is 40.3. The van der Waals surface area contributed by atoms with Crippen molar-refractivity contribution in [3.05, 3.63) is 53.1 Å². The molecule has 10 heteroatoms. The fourth-order valence-corrected chi connectivity index (χ4v) is 5.92. The lowest BCUT2D eigenvalue weighted by atomic mass is 9.93. The van der Waals surface area contributed by atoms with E-state index in [9.17, 15) is 4.79 Å². The minimum Gasteiger partial charge on any atom is -0.496 e. The molecule has 0 fully saturated rings. The van der Waals surface area contributed by atoms with Gasteiger partial charge in [-0.05, 0) is 54.8 Å². The summed E-state index contributed by atoms with van der Waals surface area (Å²) in [5.41, 5.74) is 4.63. The first kappa shape index (κ1) is 27.8. The molecule has 6 rings (SSSR count). The van der Waals surface area contributed by atoms with Crippen molar-refractivity contribution in [3.8, 4) is 51.4 Å². The zero-order valence-electron chi connectivity index (χ0n) is 24.2. The molecule has 3 aliphatic rings. The first-order valence-electron chi connectivity index (χ1n) is 14.3. The van der Waals surface area contributed by atoms with Crippen molar-refractivity contribution in [1.29, 1.82) is 0 Å². The van der Waals surface area contributed by atoms with Gasteiger partial charge in [-0.2, -0.15) is 0 Å². The lowest BCUT2D eigenvalue weighted by Gasteiger charge is -2.21. The van der Waals surface area contributed by atoms with Crippen LogP contribution >= 0.6 is 0 Å². The van der Waals surface area contributed by atoms with Crippen LogP contribution in [0.5, 0.6) is 40.2 Å². The summed E-state index contributed by atoms with van der Waals surface area (Å²) in [5.74, 6) is 4.34.